The molecule has 2 unspecified atom stereocenters. The number of amides is 1. The highest BCUT2D eigenvalue weighted by Crippen LogP contribution is 2.38. The number of allylic oxidation sites excluding steroid dienone is 2. The quantitative estimate of drug-likeness (QED) is 0.573. The van der Waals surface area contributed by atoms with E-state index in [0.717, 1.165) is 27.2 Å². The Morgan fingerprint density at radius 1 is 1.13 bits per heavy atom. The zero-order valence-electron chi connectivity index (χ0n) is 16.5. The van der Waals surface area contributed by atoms with Crippen LogP contribution in [0.4, 0.5) is 0 Å². The molecule has 1 amide bonds. The molecule has 1 aliphatic rings. The van der Waals surface area contributed by atoms with Crippen LogP contribution in [0.5, 0.6) is 0 Å². The average Bonchev–Trinajstić information content (AvgIpc) is 3.22. The summed E-state index contributed by atoms with van der Waals surface area (Å²) in [6, 6.07) is 14.6. The van der Waals surface area contributed by atoms with Crippen molar-refractivity contribution in [3.05, 3.63) is 71.3 Å². The first-order chi connectivity index (χ1) is 14.5. The first-order valence-corrected chi connectivity index (χ1v) is 12.1. The van der Waals surface area contributed by atoms with Gasteiger partial charge in [-0.3, -0.25) is 4.79 Å². The van der Waals surface area contributed by atoms with Gasteiger partial charge in [-0.2, -0.15) is 0 Å². The number of nitrogens with zero attached hydrogens (tertiary/aromatic N) is 1. The molecule has 2 N–H and O–H groups in total. The van der Waals surface area contributed by atoms with E-state index in [0.29, 0.717) is 6.42 Å². The van der Waals surface area contributed by atoms with E-state index < -0.39 is 10.0 Å². The number of fused-ring (bicyclic) bond motifs is 1. The van der Waals surface area contributed by atoms with Gasteiger partial charge in [0.25, 0.3) is 0 Å². The minimum atomic E-state index is -3.52. The molecule has 30 heavy (non-hydrogen) atoms. The van der Waals surface area contributed by atoms with Crippen molar-refractivity contribution in [2.45, 2.75) is 30.2 Å². The molecule has 0 saturated heterocycles. The maximum atomic E-state index is 13.0. The molecule has 4 rings (SSSR count). The van der Waals surface area contributed by atoms with E-state index in [-0.39, 0.29) is 29.2 Å². The summed E-state index contributed by atoms with van der Waals surface area (Å²) in [5, 5.41) is 3.98. The fourth-order valence-electron chi connectivity index (χ4n) is 3.69. The number of sulfonamides is 1. The summed E-state index contributed by atoms with van der Waals surface area (Å²) in [5.41, 5.74) is 1.70. The molecule has 0 radical (unpaired) electrons. The van der Waals surface area contributed by atoms with Crippen LogP contribution in [0.2, 0.25) is 0 Å². The molecule has 156 valence electrons. The van der Waals surface area contributed by atoms with Gasteiger partial charge in [-0.25, -0.2) is 18.1 Å². The molecular weight excluding hydrogens is 418 g/mol. The van der Waals surface area contributed by atoms with Crippen LogP contribution in [-0.4, -0.2) is 26.4 Å². The van der Waals surface area contributed by atoms with Gasteiger partial charge in [-0.05, 0) is 49.7 Å². The summed E-state index contributed by atoms with van der Waals surface area (Å²) in [4.78, 5) is 18.0. The van der Waals surface area contributed by atoms with Gasteiger partial charge in [0, 0.05) is 12.5 Å². The summed E-state index contributed by atoms with van der Waals surface area (Å²) < 4.78 is 27.4. The van der Waals surface area contributed by atoms with E-state index in [1.165, 1.54) is 13.1 Å². The maximum Gasteiger partial charge on any atom is 0.240 e. The predicted molar refractivity (Wildman–Crippen MR) is 119 cm³/mol. The Labute approximate surface area is 180 Å². The molecule has 1 aliphatic carbocycles. The van der Waals surface area contributed by atoms with Gasteiger partial charge in [-0.1, -0.05) is 36.4 Å². The molecule has 2 aromatic carbocycles. The molecule has 8 heteroatoms. The summed E-state index contributed by atoms with van der Waals surface area (Å²) >= 11 is 1.65. The van der Waals surface area contributed by atoms with Gasteiger partial charge in [0.1, 0.15) is 0 Å². The Kier molecular flexibility index (Phi) is 5.99. The first kappa shape index (κ1) is 20.7. The monoisotopic (exact) mass is 441 g/mol. The number of hydrogen-bond donors (Lipinski definition) is 2. The van der Waals surface area contributed by atoms with E-state index in [2.05, 4.69) is 22.2 Å². The highest BCUT2D eigenvalue weighted by Gasteiger charge is 2.32. The lowest BCUT2D eigenvalue weighted by Gasteiger charge is -2.26. The van der Waals surface area contributed by atoms with E-state index in [4.69, 9.17) is 4.98 Å². The van der Waals surface area contributed by atoms with Gasteiger partial charge >= 0.3 is 0 Å². The smallest absolute Gasteiger partial charge is 0.240 e. The largest absolute Gasteiger partial charge is 0.352 e. The second kappa shape index (κ2) is 8.67. The number of para-hydroxylation sites is 1. The van der Waals surface area contributed by atoms with Crippen LogP contribution < -0.4 is 10.0 Å². The number of thiazole rings is 1. The number of carbonyl (C=O) groups excluding carboxylic acids is 1. The van der Waals surface area contributed by atoms with Crippen LogP contribution in [0.15, 0.2) is 65.6 Å². The molecule has 0 saturated carbocycles. The minimum absolute atomic E-state index is 0.0366. The van der Waals surface area contributed by atoms with E-state index >= 15 is 0 Å². The number of hydrogen-bond acceptors (Lipinski definition) is 5. The van der Waals surface area contributed by atoms with E-state index in [9.17, 15) is 13.2 Å². The molecule has 0 spiro atoms. The second-order valence-electron chi connectivity index (χ2n) is 7.25. The number of rotatable bonds is 6. The zero-order valence-corrected chi connectivity index (χ0v) is 18.2. The number of nitrogens with one attached hydrogen (secondary N) is 2. The van der Waals surface area contributed by atoms with Crippen molar-refractivity contribution in [1.82, 2.24) is 15.0 Å². The van der Waals surface area contributed by atoms with Crippen LogP contribution in [0, 0.1) is 5.92 Å². The topological polar surface area (TPSA) is 88.2 Å². The second-order valence-corrected chi connectivity index (χ2v) is 10.2. The molecular formula is C22H23N3O3S2. The van der Waals surface area contributed by atoms with Crippen molar-refractivity contribution in [1.29, 1.82) is 0 Å². The Bertz CT molecular complexity index is 1170. The Morgan fingerprint density at radius 3 is 2.73 bits per heavy atom. The highest BCUT2D eigenvalue weighted by atomic mass is 32.2. The lowest BCUT2D eigenvalue weighted by atomic mass is 9.82. The van der Waals surface area contributed by atoms with Crippen molar-refractivity contribution in [3.63, 3.8) is 0 Å². The fraction of sp³-hybridized carbons (Fsp3) is 0.273. The number of carbonyl (C=O) groups is 1. The molecule has 0 aliphatic heterocycles. The lowest BCUT2D eigenvalue weighted by Crippen LogP contribution is -2.34. The zero-order chi connectivity index (χ0) is 21.1. The summed E-state index contributed by atoms with van der Waals surface area (Å²) in [6.45, 7) is 0.276. The Morgan fingerprint density at radius 2 is 1.93 bits per heavy atom. The molecule has 0 fully saturated rings. The highest BCUT2D eigenvalue weighted by molar-refractivity contribution is 7.89. The van der Waals surface area contributed by atoms with Gasteiger partial charge in [-0.15, -0.1) is 11.3 Å². The van der Waals surface area contributed by atoms with E-state index in [1.807, 2.05) is 24.3 Å². The van der Waals surface area contributed by atoms with Gasteiger partial charge in [0.05, 0.1) is 26.0 Å². The molecule has 6 nitrogen and oxygen atoms in total. The third-order valence-electron chi connectivity index (χ3n) is 5.34. The van der Waals surface area contributed by atoms with Crippen LogP contribution in [-0.2, 0) is 21.4 Å². The predicted octanol–water partition coefficient (Wildman–Crippen LogP) is 3.57. The maximum absolute atomic E-state index is 13.0. The van der Waals surface area contributed by atoms with Crippen LogP contribution in [0.25, 0.3) is 10.2 Å². The lowest BCUT2D eigenvalue weighted by molar-refractivity contribution is -0.125. The van der Waals surface area contributed by atoms with Crippen molar-refractivity contribution < 1.29 is 13.2 Å². The number of benzene rings is 2. The molecule has 1 aromatic heterocycles. The Hall–Kier alpha value is -2.55. The summed E-state index contributed by atoms with van der Waals surface area (Å²) in [5.74, 6) is -0.186. The van der Waals surface area contributed by atoms with Crippen molar-refractivity contribution >= 4 is 37.5 Å². The summed E-state index contributed by atoms with van der Waals surface area (Å²) in [6.07, 6.45) is 5.62. The molecule has 3 aromatic rings. The first-order valence-electron chi connectivity index (χ1n) is 9.78. The standard InChI is InChI=1S/C22H23N3O3S2/c1-23-30(27,28)16-8-6-7-15(13-16)14-24-21(26)17-9-2-3-10-18(17)22-25-19-11-4-5-12-20(19)29-22/h2-8,11-13,17-18,23H,9-10,14H2,1H3,(H,24,26). The minimum Gasteiger partial charge on any atom is -0.352 e. The van der Waals surface area contributed by atoms with Crippen molar-refractivity contribution in [2.75, 3.05) is 7.05 Å². The van der Waals surface area contributed by atoms with Gasteiger partial charge in [0.15, 0.2) is 0 Å². The normalized spacial score (nSPS) is 19.1. The molecule has 2 atom stereocenters. The Balaban J connectivity index is 1.49. The number of aromatic nitrogens is 1. The molecule has 0 bridgehead atoms. The third kappa shape index (κ3) is 4.30. The van der Waals surface area contributed by atoms with Gasteiger partial charge < -0.3 is 5.32 Å². The molecule has 1 heterocycles. The van der Waals surface area contributed by atoms with Crippen molar-refractivity contribution in [3.8, 4) is 0 Å². The van der Waals surface area contributed by atoms with E-state index in [1.54, 1.807) is 29.5 Å². The summed E-state index contributed by atoms with van der Waals surface area (Å²) in [7, 11) is -2.14. The van der Waals surface area contributed by atoms with Gasteiger partial charge in [0.2, 0.25) is 15.9 Å². The van der Waals surface area contributed by atoms with Crippen molar-refractivity contribution in [2.24, 2.45) is 5.92 Å². The van der Waals surface area contributed by atoms with Crippen LogP contribution in [0.1, 0.15) is 29.3 Å². The van der Waals surface area contributed by atoms with Crippen LogP contribution >= 0.6 is 11.3 Å². The third-order valence-corrected chi connectivity index (χ3v) is 7.92. The average molecular weight is 442 g/mol. The van der Waals surface area contributed by atoms with Crippen LogP contribution in [0.3, 0.4) is 0 Å². The SMILES string of the molecule is CNS(=O)(=O)c1cccc(CNC(=O)C2CC=CCC2c2nc3ccccc3s2)c1. The fourth-order valence-corrected chi connectivity index (χ4v) is 5.63.